The monoisotopic (exact) mass is 234 g/mol. The van der Waals surface area contributed by atoms with Crippen molar-refractivity contribution in [1.82, 2.24) is 5.32 Å². The van der Waals surface area contributed by atoms with Gasteiger partial charge in [-0.3, -0.25) is 0 Å². The smallest absolute Gasteiger partial charge is 0.122 e. The summed E-state index contributed by atoms with van der Waals surface area (Å²) in [6.45, 7) is 7.26. The lowest BCUT2D eigenvalue weighted by atomic mass is 10.0. The van der Waals surface area contributed by atoms with E-state index < -0.39 is 0 Å². The second-order valence-corrected chi connectivity index (χ2v) is 4.56. The van der Waals surface area contributed by atoms with Gasteiger partial charge in [0.05, 0.1) is 0 Å². The number of rotatable bonds is 4. The topological polar surface area (TPSA) is 35.5 Å². The Morgan fingerprint density at radius 2 is 2.12 bits per heavy atom. The molecule has 1 aliphatic rings. The van der Waals surface area contributed by atoms with Crippen LogP contribution in [0.25, 0.3) is 0 Å². The minimum atomic E-state index is 0.334. The highest BCUT2D eigenvalue weighted by atomic mass is 16.3. The van der Waals surface area contributed by atoms with Crippen molar-refractivity contribution < 1.29 is 5.11 Å². The Bertz CT molecular complexity index is 368. The maximum absolute atomic E-state index is 10.1. The molecule has 0 spiro atoms. The normalized spacial score (nSPS) is 19.5. The van der Waals surface area contributed by atoms with Crippen molar-refractivity contribution in [2.24, 2.45) is 0 Å². The van der Waals surface area contributed by atoms with E-state index in [9.17, 15) is 5.11 Å². The fourth-order valence-electron chi connectivity index (χ4n) is 2.56. The van der Waals surface area contributed by atoms with Crippen molar-refractivity contribution in [3.8, 4) is 5.75 Å². The van der Waals surface area contributed by atoms with Gasteiger partial charge >= 0.3 is 0 Å². The standard InChI is InChI=1S/C14H22N2O/c1-3-16(4-2)11-7-8-12(14(17)10-11)13-6-5-9-15-13/h7-8,10,13,15,17H,3-6,9H2,1-2H3/t13-/m0/s1. The average Bonchev–Trinajstić information content (AvgIpc) is 2.84. The molecule has 1 aliphatic heterocycles. The van der Waals surface area contributed by atoms with Crippen LogP contribution in [0.1, 0.15) is 38.3 Å². The highest BCUT2D eigenvalue weighted by molar-refractivity contribution is 5.54. The van der Waals surface area contributed by atoms with Gasteiger partial charge in [-0.1, -0.05) is 6.07 Å². The summed E-state index contributed by atoms with van der Waals surface area (Å²) >= 11 is 0. The Balaban J connectivity index is 2.21. The molecule has 0 unspecified atom stereocenters. The molecule has 0 aliphatic carbocycles. The fourth-order valence-corrected chi connectivity index (χ4v) is 2.56. The van der Waals surface area contributed by atoms with Gasteiger partial charge < -0.3 is 15.3 Å². The Morgan fingerprint density at radius 3 is 2.65 bits per heavy atom. The lowest BCUT2D eigenvalue weighted by molar-refractivity contribution is 0.457. The minimum Gasteiger partial charge on any atom is -0.508 e. The van der Waals surface area contributed by atoms with Crippen LogP contribution in [0.2, 0.25) is 0 Å². The molecule has 3 nitrogen and oxygen atoms in total. The molecule has 0 radical (unpaired) electrons. The molecule has 17 heavy (non-hydrogen) atoms. The van der Waals surface area contributed by atoms with Crippen molar-refractivity contribution in [2.75, 3.05) is 24.5 Å². The number of phenols is 1. The van der Waals surface area contributed by atoms with Gasteiger partial charge in [0.25, 0.3) is 0 Å². The van der Waals surface area contributed by atoms with Gasteiger partial charge in [-0.2, -0.15) is 0 Å². The van der Waals surface area contributed by atoms with Crippen LogP contribution < -0.4 is 10.2 Å². The van der Waals surface area contributed by atoms with Gasteiger partial charge in [-0.25, -0.2) is 0 Å². The van der Waals surface area contributed by atoms with Crippen LogP contribution in [0, 0.1) is 0 Å². The Morgan fingerprint density at radius 1 is 1.35 bits per heavy atom. The first-order valence-corrected chi connectivity index (χ1v) is 6.57. The maximum Gasteiger partial charge on any atom is 0.122 e. The Hall–Kier alpha value is -1.22. The van der Waals surface area contributed by atoms with Crippen LogP contribution in [0.15, 0.2) is 18.2 Å². The summed E-state index contributed by atoms with van der Waals surface area (Å²) in [5.41, 5.74) is 2.15. The molecule has 2 N–H and O–H groups in total. The Labute approximate surface area is 103 Å². The molecule has 1 aromatic rings. The van der Waals surface area contributed by atoms with Crippen molar-refractivity contribution >= 4 is 5.69 Å². The molecule has 94 valence electrons. The summed E-state index contributed by atoms with van der Waals surface area (Å²) in [6.07, 6.45) is 2.32. The zero-order valence-electron chi connectivity index (χ0n) is 10.7. The molecule has 1 fully saturated rings. The molecule has 3 heteroatoms. The molecule has 1 saturated heterocycles. The third-order valence-electron chi connectivity index (χ3n) is 3.58. The second-order valence-electron chi connectivity index (χ2n) is 4.56. The van der Waals surface area contributed by atoms with Gasteiger partial charge in [-0.15, -0.1) is 0 Å². The fraction of sp³-hybridized carbons (Fsp3) is 0.571. The van der Waals surface area contributed by atoms with E-state index in [4.69, 9.17) is 0 Å². The van der Waals surface area contributed by atoms with E-state index >= 15 is 0 Å². The predicted molar refractivity (Wildman–Crippen MR) is 71.6 cm³/mol. The van der Waals surface area contributed by atoms with Gasteiger partial charge in [0.15, 0.2) is 0 Å². The van der Waals surface area contributed by atoms with E-state index in [-0.39, 0.29) is 0 Å². The first-order chi connectivity index (χ1) is 8.26. The molecule has 2 rings (SSSR count). The number of benzene rings is 1. The van der Waals surface area contributed by atoms with Crippen LogP contribution in [-0.4, -0.2) is 24.7 Å². The highest BCUT2D eigenvalue weighted by Crippen LogP contribution is 2.33. The van der Waals surface area contributed by atoms with Crippen molar-refractivity contribution in [1.29, 1.82) is 0 Å². The summed E-state index contributed by atoms with van der Waals surface area (Å²) < 4.78 is 0. The molecule has 0 bridgehead atoms. The second kappa shape index (κ2) is 5.41. The molecule has 0 amide bonds. The molecule has 0 saturated carbocycles. The number of phenolic OH excluding ortho intramolecular Hbond substituents is 1. The van der Waals surface area contributed by atoms with Crippen molar-refractivity contribution in [3.63, 3.8) is 0 Å². The van der Waals surface area contributed by atoms with E-state index in [0.717, 1.165) is 37.3 Å². The lowest BCUT2D eigenvalue weighted by Gasteiger charge is -2.22. The molecular formula is C14H22N2O. The molecular weight excluding hydrogens is 212 g/mol. The van der Waals surface area contributed by atoms with Gasteiger partial charge in [-0.05, 0) is 39.3 Å². The first-order valence-electron chi connectivity index (χ1n) is 6.57. The SMILES string of the molecule is CCN(CC)c1ccc([C@@H]2CCCN2)c(O)c1. The Kier molecular flexibility index (Phi) is 3.89. The molecule has 1 aromatic carbocycles. The van der Waals surface area contributed by atoms with Crippen molar-refractivity contribution in [3.05, 3.63) is 23.8 Å². The maximum atomic E-state index is 10.1. The summed E-state index contributed by atoms with van der Waals surface area (Å²) in [7, 11) is 0. The summed E-state index contributed by atoms with van der Waals surface area (Å²) in [4.78, 5) is 2.24. The van der Waals surface area contributed by atoms with Crippen LogP contribution in [-0.2, 0) is 0 Å². The number of nitrogens with one attached hydrogen (secondary N) is 1. The summed E-state index contributed by atoms with van der Waals surface area (Å²) in [5, 5.41) is 13.5. The van der Waals surface area contributed by atoms with Gasteiger partial charge in [0.1, 0.15) is 5.75 Å². The number of nitrogens with zero attached hydrogens (tertiary/aromatic N) is 1. The van der Waals surface area contributed by atoms with Crippen LogP contribution >= 0.6 is 0 Å². The molecule has 0 aromatic heterocycles. The van der Waals surface area contributed by atoms with Gasteiger partial charge in [0, 0.05) is 36.4 Å². The van der Waals surface area contributed by atoms with Crippen molar-refractivity contribution in [2.45, 2.75) is 32.7 Å². The van der Waals surface area contributed by atoms with Crippen LogP contribution in [0.3, 0.4) is 0 Å². The van der Waals surface area contributed by atoms with E-state index in [2.05, 4.69) is 36.2 Å². The third-order valence-corrected chi connectivity index (χ3v) is 3.58. The quantitative estimate of drug-likeness (QED) is 0.840. The zero-order valence-corrected chi connectivity index (χ0v) is 10.7. The van der Waals surface area contributed by atoms with E-state index in [1.54, 1.807) is 0 Å². The largest absolute Gasteiger partial charge is 0.508 e. The van der Waals surface area contributed by atoms with Gasteiger partial charge in [0.2, 0.25) is 0 Å². The third kappa shape index (κ3) is 2.55. The minimum absolute atomic E-state index is 0.334. The van der Waals surface area contributed by atoms with E-state index in [1.165, 1.54) is 6.42 Å². The summed E-state index contributed by atoms with van der Waals surface area (Å²) in [5.74, 6) is 0.425. The zero-order chi connectivity index (χ0) is 12.3. The van der Waals surface area contributed by atoms with E-state index in [0.29, 0.717) is 11.8 Å². The van der Waals surface area contributed by atoms with E-state index in [1.807, 2.05) is 6.07 Å². The average molecular weight is 234 g/mol. The number of hydrogen-bond donors (Lipinski definition) is 2. The van der Waals surface area contributed by atoms with Crippen LogP contribution in [0.5, 0.6) is 5.75 Å². The summed E-state index contributed by atoms with van der Waals surface area (Å²) in [6, 6.07) is 6.40. The number of aromatic hydroxyl groups is 1. The highest BCUT2D eigenvalue weighted by Gasteiger charge is 2.19. The predicted octanol–water partition coefficient (Wildman–Crippen LogP) is 2.66. The van der Waals surface area contributed by atoms with Crippen LogP contribution in [0.4, 0.5) is 5.69 Å². The lowest BCUT2D eigenvalue weighted by Crippen LogP contribution is -2.22. The first kappa shape index (κ1) is 12.2. The number of anilines is 1. The molecule has 1 heterocycles. The number of hydrogen-bond acceptors (Lipinski definition) is 3. The molecule has 1 atom stereocenters.